The molecule has 2 N–H and O–H groups in total. The molecule has 3 rings (SSSR count). The van der Waals surface area contributed by atoms with E-state index in [0.717, 1.165) is 26.2 Å². The van der Waals surface area contributed by atoms with Gasteiger partial charge in [-0.15, -0.1) is 0 Å². The molecule has 0 aromatic heterocycles. The minimum absolute atomic E-state index is 0.00530. The summed E-state index contributed by atoms with van der Waals surface area (Å²) in [6.07, 6.45) is 0. The van der Waals surface area contributed by atoms with Crippen LogP contribution in [-0.4, -0.2) is 54.0 Å². The lowest BCUT2D eigenvalue weighted by Gasteiger charge is -2.37. The number of benzene rings is 2. The molecule has 7 heteroatoms. The highest BCUT2D eigenvalue weighted by Crippen LogP contribution is 2.15. The van der Waals surface area contributed by atoms with Gasteiger partial charge in [0.25, 0.3) is 5.91 Å². The lowest BCUT2D eigenvalue weighted by molar-refractivity contribution is 0.0595. The van der Waals surface area contributed by atoms with E-state index in [4.69, 9.17) is 0 Å². The Labute approximate surface area is 164 Å². The smallest absolute Gasteiger partial charge is 0.323 e. The predicted molar refractivity (Wildman–Crippen MR) is 108 cm³/mol. The summed E-state index contributed by atoms with van der Waals surface area (Å²) in [6, 6.07) is 12.4. The Morgan fingerprint density at radius 2 is 1.36 bits per heavy atom. The van der Waals surface area contributed by atoms with E-state index in [-0.39, 0.29) is 11.7 Å². The van der Waals surface area contributed by atoms with Gasteiger partial charge < -0.3 is 15.5 Å². The zero-order valence-electron chi connectivity index (χ0n) is 16.1. The van der Waals surface area contributed by atoms with Gasteiger partial charge in [0.1, 0.15) is 5.82 Å². The number of hydrogen-bond acceptors (Lipinski definition) is 3. The Morgan fingerprint density at radius 1 is 0.857 bits per heavy atom. The van der Waals surface area contributed by atoms with Crippen LogP contribution in [0.25, 0.3) is 0 Å². The second-order valence-corrected chi connectivity index (χ2v) is 7.09. The molecule has 0 saturated carbocycles. The van der Waals surface area contributed by atoms with Crippen LogP contribution in [0.5, 0.6) is 0 Å². The molecule has 0 spiro atoms. The molecule has 0 atom stereocenters. The van der Waals surface area contributed by atoms with Gasteiger partial charge in [0.05, 0.1) is 0 Å². The third-order valence-corrected chi connectivity index (χ3v) is 4.82. The van der Waals surface area contributed by atoms with Crippen molar-refractivity contribution in [3.63, 3.8) is 0 Å². The summed E-state index contributed by atoms with van der Waals surface area (Å²) in [4.78, 5) is 28.9. The highest BCUT2D eigenvalue weighted by atomic mass is 19.1. The molecular formula is C21H25FN4O2. The Kier molecular flexibility index (Phi) is 6.26. The molecule has 1 saturated heterocycles. The topological polar surface area (TPSA) is 64.7 Å². The summed E-state index contributed by atoms with van der Waals surface area (Å²) >= 11 is 0. The number of halogens is 1. The maximum absolute atomic E-state index is 12.9. The molecule has 0 aliphatic carbocycles. The largest absolute Gasteiger partial charge is 0.336 e. The summed E-state index contributed by atoms with van der Waals surface area (Å²) in [5.41, 5.74) is 1.66. The Morgan fingerprint density at radius 3 is 1.86 bits per heavy atom. The average Bonchev–Trinajstić information content (AvgIpc) is 2.70. The quantitative estimate of drug-likeness (QED) is 0.846. The summed E-state index contributed by atoms with van der Waals surface area (Å²) in [5, 5.41) is 5.32. The molecular weight excluding hydrogens is 359 g/mol. The van der Waals surface area contributed by atoms with E-state index in [9.17, 15) is 14.0 Å². The van der Waals surface area contributed by atoms with E-state index in [1.807, 2.05) is 4.90 Å². The van der Waals surface area contributed by atoms with Gasteiger partial charge in [-0.2, -0.15) is 0 Å². The first kappa shape index (κ1) is 19.8. The first-order valence-corrected chi connectivity index (χ1v) is 9.39. The van der Waals surface area contributed by atoms with E-state index < -0.39 is 6.03 Å². The number of piperazine rings is 1. The van der Waals surface area contributed by atoms with E-state index in [2.05, 4.69) is 29.4 Å². The average molecular weight is 384 g/mol. The van der Waals surface area contributed by atoms with Crippen LogP contribution < -0.4 is 10.6 Å². The van der Waals surface area contributed by atoms with E-state index in [1.165, 1.54) is 24.3 Å². The van der Waals surface area contributed by atoms with Gasteiger partial charge in [-0.25, -0.2) is 9.18 Å². The number of nitrogens with zero attached hydrogens (tertiary/aromatic N) is 2. The van der Waals surface area contributed by atoms with Crippen molar-refractivity contribution in [1.29, 1.82) is 0 Å². The highest BCUT2D eigenvalue weighted by molar-refractivity contribution is 6.00. The van der Waals surface area contributed by atoms with Crippen molar-refractivity contribution in [3.05, 3.63) is 59.9 Å². The zero-order chi connectivity index (χ0) is 20.1. The van der Waals surface area contributed by atoms with Crippen molar-refractivity contribution < 1.29 is 14.0 Å². The third-order valence-electron chi connectivity index (χ3n) is 4.82. The number of anilines is 2. The van der Waals surface area contributed by atoms with Crippen LogP contribution in [0.2, 0.25) is 0 Å². The molecule has 2 aromatic rings. The number of hydrogen-bond donors (Lipinski definition) is 2. The normalized spacial score (nSPS) is 14.8. The molecule has 2 aromatic carbocycles. The monoisotopic (exact) mass is 384 g/mol. The van der Waals surface area contributed by atoms with Crippen LogP contribution in [0, 0.1) is 5.82 Å². The lowest BCUT2D eigenvalue weighted by atomic mass is 10.1. The number of carbonyl (C=O) groups excluding carboxylic acids is 2. The van der Waals surface area contributed by atoms with Crippen molar-refractivity contribution in [2.75, 3.05) is 36.8 Å². The van der Waals surface area contributed by atoms with Crippen LogP contribution in [0.4, 0.5) is 20.6 Å². The predicted octanol–water partition coefficient (Wildman–Crippen LogP) is 3.64. The fourth-order valence-electron chi connectivity index (χ4n) is 3.15. The molecule has 1 aliphatic rings. The van der Waals surface area contributed by atoms with Crippen LogP contribution in [0.3, 0.4) is 0 Å². The first-order chi connectivity index (χ1) is 13.4. The lowest BCUT2D eigenvalue weighted by Crippen LogP contribution is -2.50. The molecule has 0 unspecified atom stereocenters. The molecule has 1 heterocycles. The number of urea groups is 1. The molecule has 6 nitrogen and oxygen atoms in total. The molecule has 3 amide bonds. The van der Waals surface area contributed by atoms with E-state index in [1.54, 1.807) is 24.3 Å². The van der Waals surface area contributed by atoms with Gasteiger partial charge in [-0.3, -0.25) is 9.69 Å². The third kappa shape index (κ3) is 5.07. The molecule has 148 valence electrons. The molecule has 0 radical (unpaired) electrons. The number of carbonyl (C=O) groups is 2. The second-order valence-electron chi connectivity index (χ2n) is 7.09. The summed E-state index contributed by atoms with van der Waals surface area (Å²) < 4.78 is 12.9. The van der Waals surface area contributed by atoms with Gasteiger partial charge >= 0.3 is 6.03 Å². The van der Waals surface area contributed by atoms with Crippen molar-refractivity contribution in [3.8, 4) is 0 Å². The van der Waals surface area contributed by atoms with Gasteiger partial charge in [-0.05, 0) is 62.4 Å². The molecule has 0 bridgehead atoms. The fourth-order valence-corrected chi connectivity index (χ4v) is 3.15. The van der Waals surface area contributed by atoms with Gasteiger partial charge in [0.15, 0.2) is 0 Å². The SMILES string of the molecule is CC(C)N1CCN(C(=O)c2ccc(NC(=O)Nc3ccc(F)cc3)cc2)CC1. The van der Waals surface area contributed by atoms with Crippen LogP contribution in [0.1, 0.15) is 24.2 Å². The van der Waals surface area contributed by atoms with Crippen molar-refractivity contribution in [1.82, 2.24) is 9.80 Å². The molecule has 28 heavy (non-hydrogen) atoms. The minimum Gasteiger partial charge on any atom is -0.336 e. The number of rotatable bonds is 4. The standard InChI is InChI=1S/C21H25FN4O2/c1-15(2)25-11-13-26(14-12-25)20(27)16-3-7-18(8-4-16)23-21(28)24-19-9-5-17(22)6-10-19/h3-10,15H,11-14H2,1-2H3,(H2,23,24,28). The minimum atomic E-state index is -0.435. The summed E-state index contributed by atoms with van der Waals surface area (Å²) in [7, 11) is 0. The zero-order valence-corrected chi connectivity index (χ0v) is 16.1. The maximum Gasteiger partial charge on any atom is 0.323 e. The number of nitrogens with one attached hydrogen (secondary N) is 2. The Bertz CT molecular complexity index is 813. The Hall–Kier alpha value is -2.93. The van der Waals surface area contributed by atoms with Crippen LogP contribution >= 0.6 is 0 Å². The van der Waals surface area contributed by atoms with Crippen molar-refractivity contribution in [2.24, 2.45) is 0 Å². The van der Waals surface area contributed by atoms with E-state index in [0.29, 0.717) is 23.0 Å². The van der Waals surface area contributed by atoms with Crippen LogP contribution in [-0.2, 0) is 0 Å². The molecule has 1 fully saturated rings. The maximum atomic E-state index is 12.9. The van der Waals surface area contributed by atoms with Crippen molar-refractivity contribution >= 4 is 23.3 Å². The van der Waals surface area contributed by atoms with Crippen molar-refractivity contribution in [2.45, 2.75) is 19.9 Å². The first-order valence-electron chi connectivity index (χ1n) is 9.39. The van der Waals surface area contributed by atoms with Crippen LogP contribution in [0.15, 0.2) is 48.5 Å². The summed E-state index contributed by atoms with van der Waals surface area (Å²) in [5.74, 6) is -0.359. The molecule has 1 aliphatic heterocycles. The number of amides is 3. The fraction of sp³-hybridized carbons (Fsp3) is 0.333. The van der Waals surface area contributed by atoms with E-state index >= 15 is 0 Å². The van der Waals surface area contributed by atoms with Gasteiger partial charge in [0, 0.05) is 49.2 Å². The second kappa shape index (κ2) is 8.84. The van der Waals surface area contributed by atoms with Gasteiger partial charge in [0.2, 0.25) is 0 Å². The Balaban J connectivity index is 1.53. The van der Waals surface area contributed by atoms with Gasteiger partial charge in [-0.1, -0.05) is 0 Å². The highest BCUT2D eigenvalue weighted by Gasteiger charge is 2.23. The summed E-state index contributed by atoms with van der Waals surface area (Å²) in [6.45, 7) is 7.53.